The van der Waals surface area contributed by atoms with Gasteiger partial charge in [0, 0.05) is 6.42 Å². The molecule has 1 N–H and O–H groups in total. The minimum absolute atomic E-state index is 0.278. The number of hydrogen-bond donors (Lipinski definition) is 1. The van der Waals surface area contributed by atoms with Crippen molar-refractivity contribution < 1.29 is 9.90 Å². The Hall–Kier alpha value is -0.0231. The van der Waals surface area contributed by atoms with E-state index in [4.69, 9.17) is 16.2 Å². The molecule has 4 heteroatoms. The summed E-state index contributed by atoms with van der Waals surface area (Å²) in [7, 11) is -0.420. The number of hydrogen-bond acceptors (Lipinski definition) is 1. The first-order valence-corrected chi connectivity index (χ1v) is 5.69. The third-order valence-corrected chi connectivity index (χ3v) is 2.34. The summed E-state index contributed by atoms with van der Waals surface area (Å²) in [6, 6.07) is 0.938. The molecule has 0 aromatic rings. The van der Waals surface area contributed by atoms with Gasteiger partial charge in [0.1, 0.15) is 8.83 Å². The molecule has 0 rings (SSSR count). The third-order valence-electron chi connectivity index (χ3n) is 0.774. The lowest BCUT2D eigenvalue weighted by Gasteiger charge is -1.88. The molecule has 0 atom stereocenters. The molecule has 0 aliphatic carbocycles. The number of carbonyl (C=O) groups is 1. The SMILES string of the molecule is O=C(O)CCC[SiH2]Cl. The zero-order chi connectivity index (χ0) is 6.41. The first-order valence-electron chi connectivity index (χ1n) is 2.55. The lowest BCUT2D eigenvalue weighted by Crippen LogP contribution is -1.93. The van der Waals surface area contributed by atoms with Crippen LogP contribution in [-0.2, 0) is 4.79 Å². The quantitative estimate of drug-likeness (QED) is 0.364. The Morgan fingerprint density at radius 3 is 2.75 bits per heavy atom. The molecular weight excluding hydrogens is 144 g/mol. The van der Waals surface area contributed by atoms with Crippen molar-refractivity contribution in [3.05, 3.63) is 0 Å². The molecule has 48 valence electrons. The maximum absolute atomic E-state index is 9.85. The third kappa shape index (κ3) is 5.98. The lowest BCUT2D eigenvalue weighted by molar-refractivity contribution is -0.137. The minimum Gasteiger partial charge on any atom is -0.481 e. The highest BCUT2D eigenvalue weighted by Gasteiger charge is 1.93. The van der Waals surface area contributed by atoms with Crippen LogP contribution in [0.25, 0.3) is 0 Å². The van der Waals surface area contributed by atoms with Crippen LogP contribution in [0.1, 0.15) is 12.8 Å². The van der Waals surface area contributed by atoms with E-state index in [0.717, 1.165) is 12.5 Å². The molecule has 0 amide bonds. The van der Waals surface area contributed by atoms with Crippen molar-refractivity contribution in [2.45, 2.75) is 18.9 Å². The normalized spacial score (nSPS) is 10.6. The first-order chi connectivity index (χ1) is 3.77. The molecule has 0 heterocycles. The number of carboxylic acid groups (broad SMARTS) is 1. The molecule has 0 saturated carbocycles. The molecule has 0 aliphatic rings. The maximum atomic E-state index is 9.85. The Morgan fingerprint density at radius 2 is 2.38 bits per heavy atom. The minimum atomic E-state index is -0.718. The van der Waals surface area contributed by atoms with Gasteiger partial charge in [-0.15, -0.1) is 0 Å². The van der Waals surface area contributed by atoms with Gasteiger partial charge in [0.2, 0.25) is 0 Å². The average Bonchev–Trinajstić information content (AvgIpc) is 1.66. The van der Waals surface area contributed by atoms with E-state index in [1.54, 1.807) is 0 Å². The molecule has 8 heavy (non-hydrogen) atoms. The average molecular weight is 153 g/mol. The van der Waals surface area contributed by atoms with E-state index in [9.17, 15) is 4.79 Å². The summed E-state index contributed by atoms with van der Waals surface area (Å²) in [6.45, 7) is 0. The van der Waals surface area contributed by atoms with Gasteiger partial charge in [0.25, 0.3) is 0 Å². The highest BCUT2D eigenvalue weighted by atomic mass is 35.6. The van der Waals surface area contributed by atoms with Crippen LogP contribution in [0.15, 0.2) is 0 Å². The summed E-state index contributed by atoms with van der Waals surface area (Å²) in [4.78, 5) is 9.85. The van der Waals surface area contributed by atoms with Gasteiger partial charge >= 0.3 is 5.97 Å². The van der Waals surface area contributed by atoms with E-state index in [1.807, 2.05) is 0 Å². The number of halogens is 1. The predicted molar refractivity (Wildman–Crippen MR) is 36.1 cm³/mol. The Bertz CT molecular complexity index is 76.4. The smallest absolute Gasteiger partial charge is 0.303 e. The summed E-state index contributed by atoms with van der Waals surface area (Å²) in [5.41, 5.74) is 0. The number of carboxylic acids is 1. The fourth-order valence-corrected chi connectivity index (χ4v) is 1.38. The summed E-state index contributed by atoms with van der Waals surface area (Å²) in [5.74, 6) is -0.718. The summed E-state index contributed by atoms with van der Waals surface area (Å²) in [6.07, 6.45) is 1.03. The van der Waals surface area contributed by atoms with E-state index in [0.29, 0.717) is 0 Å². The van der Waals surface area contributed by atoms with Gasteiger partial charge in [0.15, 0.2) is 0 Å². The van der Waals surface area contributed by atoms with Crippen molar-refractivity contribution in [2.75, 3.05) is 0 Å². The Balaban J connectivity index is 2.82. The zero-order valence-electron chi connectivity index (χ0n) is 4.56. The molecule has 0 bridgehead atoms. The van der Waals surface area contributed by atoms with Gasteiger partial charge in [-0.25, -0.2) is 0 Å². The van der Waals surface area contributed by atoms with Gasteiger partial charge in [-0.1, -0.05) is 0 Å². The van der Waals surface area contributed by atoms with Crippen molar-refractivity contribution in [2.24, 2.45) is 0 Å². The van der Waals surface area contributed by atoms with Crippen molar-refractivity contribution in [3.8, 4) is 0 Å². The van der Waals surface area contributed by atoms with E-state index in [2.05, 4.69) is 0 Å². The first kappa shape index (κ1) is 7.98. The molecule has 0 aliphatic heterocycles. The molecule has 0 spiro atoms. The van der Waals surface area contributed by atoms with E-state index < -0.39 is 14.8 Å². The second kappa shape index (κ2) is 5.12. The van der Waals surface area contributed by atoms with E-state index in [1.165, 1.54) is 0 Å². The predicted octanol–water partition coefficient (Wildman–Crippen LogP) is 0.592. The van der Waals surface area contributed by atoms with Crippen molar-refractivity contribution in [1.29, 1.82) is 0 Å². The highest BCUT2D eigenvalue weighted by molar-refractivity contribution is 6.93. The van der Waals surface area contributed by atoms with Crippen LogP contribution in [0, 0.1) is 0 Å². The van der Waals surface area contributed by atoms with Crippen LogP contribution in [0.5, 0.6) is 0 Å². The van der Waals surface area contributed by atoms with E-state index >= 15 is 0 Å². The molecule has 0 aromatic heterocycles. The largest absolute Gasteiger partial charge is 0.481 e. The highest BCUT2D eigenvalue weighted by Crippen LogP contribution is 1.95. The van der Waals surface area contributed by atoms with Gasteiger partial charge < -0.3 is 5.11 Å². The van der Waals surface area contributed by atoms with Crippen LogP contribution in [0.2, 0.25) is 6.04 Å². The second-order valence-corrected chi connectivity index (χ2v) is 3.76. The Labute approximate surface area is 55.4 Å². The lowest BCUT2D eigenvalue weighted by atomic mass is 10.3. The van der Waals surface area contributed by atoms with Gasteiger partial charge in [-0.2, -0.15) is 11.1 Å². The summed E-state index contributed by atoms with van der Waals surface area (Å²) >= 11 is 5.43. The van der Waals surface area contributed by atoms with Gasteiger partial charge in [-0.05, 0) is 12.5 Å². The van der Waals surface area contributed by atoms with Crippen LogP contribution in [0.3, 0.4) is 0 Å². The fourth-order valence-electron chi connectivity index (χ4n) is 0.371. The van der Waals surface area contributed by atoms with Crippen molar-refractivity contribution in [1.82, 2.24) is 0 Å². The molecule has 0 saturated heterocycles. The van der Waals surface area contributed by atoms with Crippen LogP contribution in [0.4, 0.5) is 0 Å². The fraction of sp³-hybridized carbons (Fsp3) is 0.750. The molecule has 0 aromatic carbocycles. The van der Waals surface area contributed by atoms with E-state index in [-0.39, 0.29) is 6.42 Å². The Kier molecular flexibility index (Phi) is 5.11. The molecular formula is C4H9ClO2Si. The maximum Gasteiger partial charge on any atom is 0.303 e. The zero-order valence-corrected chi connectivity index (χ0v) is 6.73. The van der Waals surface area contributed by atoms with Crippen LogP contribution >= 0.6 is 11.1 Å². The van der Waals surface area contributed by atoms with Gasteiger partial charge in [0.05, 0.1) is 0 Å². The summed E-state index contributed by atoms with van der Waals surface area (Å²) < 4.78 is 0. The topological polar surface area (TPSA) is 37.3 Å². The standard InChI is InChI=1S/C4H9ClO2Si/c5-8-3-1-2-4(6)7/h1-3,8H2,(H,6,7). The summed E-state index contributed by atoms with van der Waals surface area (Å²) in [5, 5.41) is 8.11. The molecule has 2 nitrogen and oxygen atoms in total. The van der Waals surface area contributed by atoms with Crippen LogP contribution < -0.4 is 0 Å². The molecule has 0 fully saturated rings. The number of aliphatic carboxylic acids is 1. The van der Waals surface area contributed by atoms with Crippen molar-refractivity contribution in [3.63, 3.8) is 0 Å². The second-order valence-electron chi connectivity index (χ2n) is 1.54. The molecule has 0 radical (unpaired) electrons. The van der Waals surface area contributed by atoms with Gasteiger partial charge in [-0.3, -0.25) is 4.79 Å². The Morgan fingerprint density at radius 1 is 1.75 bits per heavy atom. The monoisotopic (exact) mass is 152 g/mol. The number of rotatable bonds is 4. The van der Waals surface area contributed by atoms with Crippen molar-refractivity contribution >= 4 is 25.9 Å². The molecule has 0 unspecified atom stereocenters. The van der Waals surface area contributed by atoms with Crippen LogP contribution in [-0.4, -0.2) is 19.9 Å².